The van der Waals surface area contributed by atoms with Crippen molar-refractivity contribution in [2.75, 3.05) is 7.05 Å². The molecule has 0 atom stereocenters. The number of carbonyl (C=O) groups excluding carboxylic acids is 1. The molecule has 22 heavy (non-hydrogen) atoms. The van der Waals surface area contributed by atoms with Crippen molar-refractivity contribution in [2.45, 2.75) is 0 Å². The summed E-state index contributed by atoms with van der Waals surface area (Å²) in [6.45, 7) is 0. The molecule has 0 radical (unpaired) electrons. The summed E-state index contributed by atoms with van der Waals surface area (Å²) in [7, 11) is 1.61. The Morgan fingerprint density at radius 3 is 2.68 bits per heavy atom. The lowest BCUT2D eigenvalue weighted by Gasteiger charge is -1.99. The molecule has 0 aliphatic rings. The van der Waals surface area contributed by atoms with E-state index in [1.54, 1.807) is 43.5 Å². The number of amides is 1. The number of carbonyl (C=O) groups is 1. The van der Waals surface area contributed by atoms with Gasteiger partial charge in [0.25, 0.3) is 5.91 Å². The minimum Gasteiger partial charge on any atom is -0.437 e. The molecule has 0 bridgehead atoms. The fourth-order valence-corrected chi connectivity index (χ4v) is 2.21. The third-order valence-corrected chi connectivity index (χ3v) is 3.42. The molecule has 0 unspecified atom stereocenters. The van der Waals surface area contributed by atoms with E-state index in [4.69, 9.17) is 16.0 Å². The van der Waals surface area contributed by atoms with Crippen LogP contribution in [0.15, 0.2) is 46.9 Å². The molecular formula is C17H13ClN2O2. The van der Waals surface area contributed by atoms with Gasteiger partial charge in [-0.25, -0.2) is 4.98 Å². The van der Waals surface area contributed by atoms with Crippen LogP contribution in [0.5, 0.6) is 0 Å². The van der Waals surface area contributed by atoms with Crippen LogP contribution in [-0.4, -0.2) is 17.9 Å². The molecule has 1 N–H and O–H groups in total. The smallest absolute Gasteiger partial charge is 0.251 e. The predicted octanol–water partition coefficient (Wildman–Crippen LogP) is 4.01. The number of hydrogen-bond acceptors (Lipinski definition) is 3. The Hall–Kier alpha value is -2.59. The Kier molecular flexibility index (Phi) is 3.94. The first-order valence-electron chi connectivity index (χ1n) is 6.72. The Morgan fingerprint density at radius 2 is 1.95 bits per heavy atom. The predicted molar refractivity (Wildman–Crippen MR) is 87.8 cm³/mol. The maximum Gasteiger partial charge on any atom is 0.251 e. The molecule has 0 spiro atoms. The van der Waals surface area contributed by atoms with E-state index in [9.17, 15) is 4.79 Å². The number of oxazole rings is 1. The average Bonchev–Trinajstić information content (AvgIpc) is 2.94. The number of fused-ring (bicyclic) bond motifs is 1. The molecule has 0 fully saturated rings. The Labute approximate surface area is 132 Å². The van der Waals surface area contributed by atoms with Crippen LogP contribution in [0.2, 0.25) is 5.02 Å². The standard InChI is InChI=1S/C17H13ClN2O2/c1-19-17(21)12-5-2-11(3-6-12)4-9-16-20-14-10-13(18)7-8-15(14)22-16/h2-10H,1H3,(H,19,21)/b9-4+. The Balaban J connectivity index is 1.81. The summed E-state index contributed by atoms with van der Waals surface area (Å²) in [5.41, 5.74) is 2.99. The molecular weight excluding hydrogens is 300 g/mol. The van der Waals surface area contributed by atoms with E-state index < -0.39 is 0 Å². The van der Waals surface area contributed by atoms with E-state index in [1.807, 2.05) is 18.2 Å². The molecule has 4 nitrogen and oxygen atoms in total. The highest BCUT2D eigenvalue weighted by atomic mass is 35.5. The highest BCUT2D eigenvalue weighted by molar-refractivity contribution is 6.31. The fourth-order valence-electron chi connectivity index (χ4n) is 2.05. The van der Waals surface area contributed by atoms with Crippen LogP contribution < -0.4 is 5.32 Å². The van der Waals surface area contributed by atoms with Crippen molar-refractivity contribution >= 4 is 40.8 Å². The monoisotopic (exact) mass is 312 g/mol. The van der Waals surface area contributed by atoms with Gasteiger partial charge < -0.3 is 9.73 Å². The molecule has 0 saturated heterocycles. The number of rotatable bonds is 3. The van der Waals surface area contributed by atoms with Crippen LogP contribution in [0, 0.1) is 0 Å². The minimum atomic E-state index is -0.105. The van der Waals surface area contributed by atoms with Crippen LogP contribution >= 0.6 is 11.6 Å². The summed E-state index contributed by atoms with van der Waals surface area (Å²) >= 11 is 5.92. The molecule has 110 valence electrons. The average molecular weight is 313 g/mol. The number of halogens is 1. The van der Waals surface area contributed by atoms with Gasteiger partial charge in [-0.2, -0.15) is 0 Å². The fraction of sp³-hybridized carbons (Fsp3) is 0.0588. The lowest BCUT2D eigenvalue weighted by molar-refractivity contribution is 0.0963. The molecule has 0 aliphatic heterocycles. The first-order chi connectivity index (χ1) is 10.7. The summed E-state index contributed by atoms with van der Waals surface area (Å²) in [5.74, 6) is 0.402. The van der Waals surface area contributed by atoms with Gasteiger partial charge in [0, 0.05) is 23.7 Å². The zero-order valence-electron chi connectivity index (χ0n) is 11.8. The van der Waals surface area contributed by atoms with Gasteiger partial charge in [0.15, 0.2) is 5.58 Å². The molecule has 1 heterocycles. The minimum absolute atomic E-state index is 0.105. The number of aromatic nitrogens is 1. The molecule has 1 amide bonds. The highest BCUT2D eigenvalue weighted by Crippen LogP contribution is 2.21. The zero-order valence-corrected chi connectivity index (χ0v) is 12.6. The second-order valence-corrected chi connectivity index (χ2v) is 5.14. The van der Waals surface area contributed by atoms with Crippen molar-refractivity contribution in [2.24, 2.45) is 0 Å². The molecule has 0 saturated carbocycles. The summed E-state index contributed by atoms with van der Waals surface area (Å²) in [5, 5.41) is 3.21. The third-order valence-electron chi connectivity index (χ3n) is 3.18. The van der Waals surface area contributed by atoms with Gasteiger partial charge in [0.2, 0.25) is 5.89 Å². The van der Waals surface area contributed by atoms with Crippen molar-refractivity contribution in [3.05, 3.63) is 64.5 Å². The first kappa shape index (κ1) is 14.4. The maximum absolute atomic E-state index is 11.5. The van der Waals surface area contributed by atoms with Crippen molar-refractivity contribution < 1.29 is 9.21 Å². The van der Waals surface area contributed by atoms with E-state index in [1.165, 1.54) is 0 Å². The van der Waals surface area contributed by atoms with Crippen LogP contribution in [0.3, 0.4) is 0 Å². The topological polar surface area (TPSA) is 55.1 Å². The quantitative estimate of drug-likeness (QED) is 0.795. The summed E-state index contributed by atoms with van der Waals surface area (Å²) in [6, 6.07) is 12.6. The lowest BCUT2D eigenvalue weighted by atomic mass is 10.1. The van der Waals surface area contributed by atoms with Gasteiger partial charge in [-0.3, -0.25) is 4.79 Å². The largest absolute Gasteiger partial charge is 0.437 e. The molecule has 0 aliphatic carbocycles. The van der Waals surface area contributed by atoms with Crippen molar-refractivity contribution in [3.8, 4) is 0 Å². The van der Waals surface area contributed by atoms with E-state index in [0.29, 0.717) is 22.1 Å². The first-order valence-corrected chi connectivity index (χ1v) is 7.10. The number of nitrogens with one attached hydrogen (secondary N) is 1. The van der Waals surface area contributed by atoms with Gasteiger partial charge >= 0.3 is 0 Å². The van der Waals surface area contributed by atoms with E-state index in [2.05, 4.69) is 10.3 Å². The second-order valence-electron chi connectivity index (χ2n) is 4.70. The Morgan fingerprint density at radius 1 is 1.18 bits per heavy atom. The number of benzene rings is 2. The second kappa shape index (κ2) is 6.03. The highest BCUT2D eigenvalue weighted by Gasteiger charge is 2.04. The van der Waals surface area contributed by atoms with Gasteiger partial charge in [0.1, 0.15) is 5.52 Å². The SMILES string of the molecule is CNC(=O)c1ccc(/C=C/c2nc3cc(Cl)ccc3o2)cc1. The molecule has 3 aromatic rings. The van der Waals surface area contributed by atoms with Gasteiger partial charge in [-0.1, -0.05) is 23.7 Å². The van der Waals surface area contributed by atoms with E-state index in [0.717, 1.165) is 11.1 Å². The van der Waals surface area contributed by atoms with Crippen molar-refractivity contribution in [1.29, 1.82) is 0 Å². The summed E-state index contributed by atoms with van der Waals surface area (Å²) in [4.78, 5) is 15.8. The van der Waals surface area contributed by atoms with Crippen LogP contribution in [0.1, 0.15) is 21.8 Å². The lowest BCUT2D eigenvalue weighted by Crippen LogP contribution is -2.17. The molecule has 1 aromatic heterocycles. The van der Waals surface area contributed by atoms with Crippen LogP contribution in [-0.2, 0) is 0 Å². The van der Waals surface area contributed by atoms with Gasteiger partial charge in [-0.05, 0) is 42.0 Å². The van der Waals surface area contributed by atoms with Gasteiger partial charge in [-0.15, -0.1) is 0 Å². The summed E-state index contributed by atoms with van der Waals surface area (Å²) < 4.78 is 5.60. The Bertz CT molecular complexity index is 851. The molecule has 5 heteroatoms. The van der Waals surface area contributed by atoms with Crippen molar-refractivity contribution in [3.63, 3.8) is 0 Å². The molecule has 2 aromatic carbocycles. The van der Waals surface area contributed by atoms with Gasteiger partial charge in [0.05, 0.1) is 0 Å². The number of nitrogens with zero attached hydrogens (tertiary/aromatic N) is 1. The van der Waals surface area contributed by atoms with Crippen LogP contribution in [0.25, 0.3) is 23.3 Å². The van der Waals surface area contributed by atoms with Crippen molar-refractivity contribution in [1.82, 2.24) is 10.3 Å². The number of hydrogen-bond donors (Lipinski definition) is 1. The summed E-state index contributed by atoms with van der Waals surface area (Å²) in [6.07, 6.45) is 3.66. The van der Waals surface area contributed by atoms with E-state index >= 15 is 0 Å². The maximum atomic E-state index is 11.5. The third kappa shape index (κ3) is 3.02. The zero-order chi connectivity index (χ0) is 15.5. The normalized spacial score (nSPS) is 11.2. The molecule has 3 rings (SSSR count). The van der Waals surface area contributed by atoms with E-state index in [-0.39, 0.29) is 5.91 Å². The van der Waals surface area contributed by atoms with Crippen LogP contribution in [0.4, 0.5) is 0 Å².